The molecule has 0 aromatic rings. The Balaban J connectivity index is 2.43. The van der Waals surface area contributed by atoms with E-state index in [1.54, 1.807) is 0 Å². The summed E-state index contributed by atoms with van der Waals surface area (Å²) in [6.07, 6.45) is 13.2. The molecule has 0 aromatic carbocycles. The summed E-state index contributed by atoms with van der Waals surface area (Å²) in [6, 6.07) is 0. The van der Waals surface area contributed by atoms with Crippen molar-refractivity contribution in [3.63, 3.8) is 0 Å². The van der Waals surface area contributed by atoms with E-state index >= 15 is 0 Å². The summed E-state index contributed by atoms with van der Waals surface area (Å²) in [4.78, 5) is 0. The first-order valence-corrected chi connectivity index (χ1v) is 5.48. The van der Waals surface area contributed by atoms with Crippen LogP contribution in [0, 0.1) is 0 Å². The summed E-state index contributed by atoms with van der Waals surface area (Å²) in [5.41, 5.74) is 0. The fourth-order valence-electron chi connectivity index (χ4n) is 1.21. The topological polar surface area (TPSA) is 0 Å². The molecule has 0 atom stereocenters. The number of thiol groups is 2. The van der Waals surface area contributed by atoms with Gasteiger partial charge in [-0.15, -0.1) is 0 Å². The summed E-state index contributed by atoms with van der Waals surface area (Å²) in [5.74, 6) is 0. The van der Waals surface area contributed by atoms with E-state index in [9.17, 15) is 0 Å². The highest BCUT2D eigenvalue weighted by atomic mass is 32.1. The van der Waals surface area contributed by atoms with E-state index in [0.717, 1.165) is 25.7 Å². The van der Waals surface area contributed by atoms with Crippen molar-refractivity contribution in [2.45, 2.75) is 36.2 Å². The number of hydrogen-bond donors (Lipinski definition) is 2. The van der Waals surface area contributed by atoms with Crippen molar-refractivity contribution in [2.24, 2.45) is 0 Å². The van der Waals surface area contributed by atoms with Gasteiger partial charge in [-0.05, 0) is 25.7 Å². The minimum atomic E-state index is 0.494. The summed E-state index contributed by atoms with van der Waals surface area (Å²) in [5, 5.41) is 0.989. The maximum atomic E-state index is 4.46. The van der Waals surface area contributed by atoms with E-state index in [1.807, 2.05) is 0 Å². The van der Waals surface area contributed by atoms with Gasteiger partial charge in [0.05, 0.1) is 0 Å². The standard InChI is InChI=1S/C10H16S2/c11-9-5-1-2-6-10(12)8-4-3-7-9/h1-4,9-12H,5-8H2/b2-1+,4-3+. The maximum Gasteiger partial charge on any atom is 0.00857 e. The van der Waals surface area contributed by atoms with Crippen LogP contribution in [-0.4, -0.2) is 10.5 Å². The van der Waals surface area contributed by atoms with Crippen LogP contribution in [0.4, 0.5) is 0 Å². The number of rotatable bonds is 0. The van der Waals surface area contributed by atoms with Gasteiger partial charge in [-0.2, -0.15) is 25.3 Å². The summed E-state index contributed by atoms with van der Waals surface area (Å²) < 4.78 is 0. The van der Waals surface area contributed by atoms with Crippen molar-refractivity contribution in [1.82, 2.24) is 0 Å². The third kappa shape index (κ3) is 4.27. The van der Waals surface area contributed by atoms with Gasteiger partial charge in [0.1, 0.15) is 0 Å². The zero-order valence-electron chi connectivity index (χ0n) is 7.19. The molecule has 1 rings (SSSR count). The van der Waals surface area contributed by atoms with Gasteiger partial charge >= 0.3 is 0 Å². The monoisotopic (exact) mass is 200 g/mol. The molecule has 0 fully saturated rings. The van der Waals surface area contributed by atoms with Gasteiger partial charge in [-0.25, -0.2) is 0 Å². The molecule has 0 unspecified atom stereocenters. The number of allylic oxidation sites excluding steroid dienone is 4. The van der Waals surface area contributed by atoms with E-state index in [4.69, 9.17) is 0 Å². The van der Waals surface area contributed by atoms with Crippen LogP contribution in [0.1, 0.15) is 25.7 Å². The van der Waals surface area contributed by atoms with E-state index in [0.29, 0.717) is 10.5 Å². The highest BCUT2D eigenvalue weighted by Crippen LogP contribution is 2.14. The zero-order chi connectivity index (χ0) is 8.81. The van der Waals surface area contributed by atoms with Gasteiger partial charge in [0.15, 0.2) is 0 Å². The predicted octanol–water partition coefficient (Wildman–Crippen LogP) is 3.27. The zero-order valence-corrected chi connectivity index (χ0v) is 8.98. The molecular formula is C10H16S2. The van der Waals surface area contributed by atoms with Gasteiger partial charge in [-0.3, -0.25) is 0 Å². The first-order valence-electron chi connectivity index (χ1n) is 4.45. The van der Waals surface area contributed by atoms with Gasteiger partial charge in [-0.1, -0.05) is 24.3 Å². The quantitative estimate of drug-likeness (QED) is 0.435. The minimum absolute atomic E-state index is 0.494. The first kappa shape index (κ1) is 10.3. The highest BCUT2D eigenvalue weighted by molar-refractivity contribution is 7.81. The molecule has 0 spiro atoms. The van der Waals surface area contributed by atoms with Gasteiger partial charge in [0.2, 0.25) is 0 Å². The fourth-order valence-corrected chi connectivity index (χ4v) is 1.69. The molecule has 0 N–H and O–H groups in total. The van der Waals surface area contributed by atoms with Crippen LogP contribution >= 0.6 is 25.3 Å². The Bertz CT molecular complexity index is 137. The largest absolute Gasteiger partial charge is 0.175 e. The van der Waals surface area contributed by atoms with Crippen LogP contribution < -0.4 is 0 Å². The van der Waals surface area contributed by atoms with Gasteiger partial charge in [0.25, 0.3) is 0 Å². The molecule has 0 aromatic heterocycles. The Kier molecular flexibility index (Phi) is 4.93. The molecule has 2 heteroatoms. The van der Waals surface area contributed by atoms with Crippen molar-refractivity contribution in [3.8, 4) is 0 Å². The molecule has 0 saturated carbocycles. The molecule has 0 saturated heterocycles. The Labute approximate surface area is 85.9 Å². The Hall–Kier alpha value is 0.180. The third-order valence-electron chi connectivity index (χ3n) is 1.97. The molecule has 12 heavy (non-hydrogen) atoms. The summed E-state index contributed by atoms with van der Waals surface area (Å²) >= 11 is 8.92. The lowest BCUT2D eigenvalue weighted by molar-refractivity contribution is 0.844. The predicted molar refractivity (Wildman–Crippen MR) is 62.3 cm³/mol. The first-order chi connectivity index (χ1) is 5.79. The van der Waals surface area contributed by atoms with Crippen molar-refractivity contribution in [1.29, 1.82) is 0 Å². The molecule has 1 aliphatic carbocycles. The Morgan fingerprint density at radius 2 is 0.917 bits per heavy atom. The minimum Gasteiger partial charge on any atom is -0.175 e. The van der Waals surface area contributed by atoms with Crippen molar-refractivity contribution in [3.05, 3.63) is 24.3 Å². The maximum absolute atomic E-state index is 4.46. The molecule has 0 aliphatic heterocycles. The molecule has 0 amide bonds. The normalized spacial score (nSPS) is 37.2. The lowest BCUT2D eigenvalue weighted by Gasteiger charge is -2.08. The second-order valence-electron chi connectivity index (χ2n) is 3.19. The van der Waals surface area contributed by atoms with Crippen LogP contribution in [0.3, 0.4) is 0 Å². The highest BCUT2D eigenvalue weighted by Gasteiger charge is 2.01. The van der Waals surface area contributed by atoms with Gasteiger partial charge in [0, 0.05) is 10.5 Å². The van der Waals surface area contributed by atoms with Gasteiger partial charge < -0.3 is 0 Å². The fraction of sp³-hybridized carbons (Fsp3) is 0.600. The van der Waals surface area contributed by atoms with Crippen molar-refractivity contribution < 1.29 is 0 Å². The average molecular weight is 200 g/mol. The van der Waals surface area contributed by atoms with Crippen LogP contribution in [0.5, 0.6) is 0 Å². The summed E-state index contributed by atoms with van der Waals surface area (Å²) in [7, 11) is 0. The lowest BCUT2D eigenvalue weighted by atomic mass is 10.1. The SMILES string of the molecule is SC1C/C=C/CC(S)C/C=C/C1. The molecule has 0 heterocycles. The van der Waals surface area contributed by atoms with Crippen molar-refractivity contribution >= 4 is 25.3 Å². The molecular weight excluding hydrogens is 184 g/mol. The van der Waals surface area contributed by atoms with E-state index in [2.05, 4.69) is 49.6 Å². The smallest absolute Gasteiger partial charge is 0.00857 e. The Morgan fingerprint density at radius 3 is 1.17 bits per heavy atom. The van der Waals surface area contributed by atoms with Crippen LogP contribution in [0.25, 0.3) is 0 Å². The Morgan fingerprint density at radius 1 is 0.667 bits per heavy atom. The molecule has 0 nitrogen and oxygen atoms in total. The molecule has 1 aliphatic rings. The van der Waals surface area contributed by atoms with Crippen LogP contribution in [0.2, 0.25) is 0 Å². The summed E-state index contributed by atoms with van der Waals surface area (Å²) in [6.45, 7) is 0. The molecule has 0 radical (unpaired) electrons. The van der Waals surface area contributed by atoms with E-state index < -0.39 is 0 Å². The lowest BCUT2D eigenvalue weighted by Crippen LogP contribution is -1.98. The third-order valence-corrected chi connectivity index (χ3v) is 2.81. The van der Waals surface area contributed by atoms with Crippen molar-refractivity contribution in [2.75, 3.05) is 0 Å². The average Bonchev–Trinajstić information content (AvgIpc) is 2.06. The van der Waals surface area contributed by atoms with E-state index in [-0.39, 0.29) is 0 Å². The van der Waals surface area contributed by atoms with Crippen LogP contribution in [-0.2, 0) is 0 Å². The number of hydrogen-bond acceptors (Lipinski definition) is 2. The molecule has 0 bridgehead atoms. The van der Waals surface area contributed by atoms with E-state index in [1.165, 1.54) is 0 Å². The molecule has 68 valence electrons. The van der Waals surface area contributed by atoms with Crippen LogP contribution in [0.15, 0.2) is 24.3 Å². The second-order valence-corrected chi connectivity index (χ2v) is 4.65. The second kappa shape index (κ2) is 5.76.